The van der Waals surface area contributed by atoms with Crippen molar-refractivity contribution < 1.29 is 8.95 Å². The number of rotatable bonds is 2. The van der Waals surface area contributed by atoms with Gasteiger partial charge < -0.3 is 13.9 Å². The molecule has 4 heterocycles. The number of para-hydroxylation sites is 5. The summed E-state index contributed by atoms with van der Waals surface area (Å²) in [5, 5.41) is 4.57. The van der Waals surface area contributed by atoms with Crippen LogP contribution in [-0.2, 0) is 14.9 Å². The summed E-state index contributed by atoms with van der Waals surface area (Å²) in [5.74, 6) is 6.13. The van der Waals surface area contributed by atoms with E-state index in [0.29, 0.717) is 0 Å². The molecule has 10 aromatic rings. The van der Waals surface area contributed by atoms with Crippen molar-refractivity contribution in [1.29, 1.82) is 0 Å². The van der Waals surface area contributed by atoms with Gasteiger partial charge in [0.25, 0.3) is 0 Å². The molecule has 2 aromatic heterocycles. The van der Waals surface area contributed by atoms with Crippen LogP contribution >= 0.6 is 0 Å². The molecule has 0 bridgehead atoms. The first-order valence-electron chi connectivity index (χ1n) is 18.6. The van der Waals surface area contributed by atoms with E-state index in [-0.39, 0.29) is 0 Å². The van der Waals surface area contributed by atoms with E-state index in [9.17, 15) is 0 Å². The van der Waals surface area contributed by atoms with Gasteiger partial charge in [0.15, 0.2) is 0 Å². The highest BCUT2D eigenvalue weighted by atomic mass is 32.2. The Morgan fingerprint density at radius 3 is 1.75 bits per heavy atom. The Labute approximate surface area is 318 Å². The number of hydrogen-bond acceptors (Lipinski definition) is 2. The molecular formula is C50H32N2O2S. The van der Waals surface area contributed by atoms with Gasteiger partial charge in [0, 0.05) is 68.9 Å². The Morgan fingerprint density at radius 2 is 1.02 bits per heavy atom. The lowest BCUT2D eigenvalue weighted by Crippen LogP contribution is -2.40. The van der Waals surface area contributed by atoms with E-state index in [0.717, 1.165) is 93.1 Å². The molecule has 0 fully saturated rings. The molecule has 0 saturated carbocycles. The molecule has 1 unspecified atom stereocenters. The van der Waals surface area contributed by atoms with E-state index >= 15 is 4.21 Å². The van der Waals surface area contributed by atoms with Crippen molar-refractivity contribution in [2.45, 2.75) is 15.2 Å². The molecule has 0 aliphatic carbocycles. The summed E-state index contributed by atoms with van der Waals surface area (Å²) in [5.41, 5.74) is 9.65. The number of ether oxygens (including phenoxy) is 1. The summed E-state index contributed by atoms with van der Waals surface area (Å²) >= 11 is 0. The van der Waals surface area contributed by atoms with Gasteiger partial charge in [-0.1, -0.05) is 115 Å². The largest absolute Gasteiger partial charge is 0.457 e. The number of fused-ring (bicyclic) bond motifs is 15. The van der Waals surface area contributed by atoms with E-state index in [1.54, 1.807) is 0 Å². The van der Waals surface area contributed by atoms with Crippen molar-refractivity contribution in [2.24, 2.45) is 0 Å². The molecule has 5 heteroatoms. The third-order valence-corrected chi connectivity index (χ3v) is 14.0. The molecule has 0 N–H and O–H groups in total. The molecule has 8 aromatic carbocycles. The summed E-state index contributed by atoms with van der Waals surface area (Å²) in [6.45, 7) is 0. The maximum Gasteiger partial charge on any atom is 0.132 e. The van der Waals surface area contributed by atoms with Gasteiger partial charge in [-0.3, -0.25) is 4.21 Å². The average Bonchev–Trinajstić information content (AvgIpc) is 3.75. The zero-order chi connectivity index (χ0) is 36.5. The van der Waals surface area contributed by atoms with E-state index in [1.165, 1.54) is 5.39 Å². The predicted molar refractivity (Wildman–Crippen MR) is 225 cm³/mol. The second kappa shape index (κ2) is 10.9. The molecule has 2 aliphatic heterocycles. The maximum atomic E-state index is 15.5. The first-order valence-corrected chi connectivity index (χ1v) is 20.3. The molecule has 12 rings (SSSR count). The maximum absolute atomic E-state index is 15.5. The summed E-state index contributed by atoms with van der Waals surface area (Å²) in [6.07, 6.45) is 0. The highest BCUT2D eigenvalue weighted by Gasteiger charge is 2.53. The molecule has 55 heavy (non-hydrogen) atoms. The van der Waals surface area contributed by atoms with Gasteiger partial charge in [-0.05, 0) is 78.2 Å². The van der Waals surface area contributed by atoms with E-state index < -0.39 is 14.9 Å². The number of hydrogen-bond donors (Lipinski definition) is 0. The third-order valence-electron chi connectivity index (χ3n) is 11.9. The standard InChI is InChI=1S/C50H32N2O2S/c1-55(53)46-26-14-9-21-40(46)50(38-19-7-12-24-44(38)54-45-25-13-8-20-39(45)50)48-47(55)30-28-36-34-17-5-11-23-42(34)52(49(36)48)33-27-29-43-37(31-33)35-18-6-10-22-41(35)51(43)32-15-3-2-4-16-32/h2-31H,1H2. The fourth-order valence-electron chi connectivity index (χ4n) is 9.77. The van der Waals surface area contributed by atoms with Crippen LogP contribution in [0.15, 0.2) is 192 Å². The highest BCUT2D eigenvalue weighted by Crippen LogP contribution is 2.62. The van der Waals surface area contributed by atoms with Crippen LogP contribution in [0.25, 0.3) is 55.0 Å². The lowest BCUT2D eigenvalue weighted by Gasteiger charge is -2.46. The quantitative estimate of drug-likeness (QED) is 0.166. The molecule has 4 nitrogen and oxygen atoms in total. The van der Waals surface area contributed by atoms with Crippen molar-refractivity contribution >= 4 is 59.0 Å². The molecule has 2 aliphatic rings. The minimum absolute atomic E-state index is 0.746. The van der Waals surface area contributed by atoms with Crippen LogP contribution in [0, 0.1) is 0 Å². The molecule has 0 radical (unpaired) electrons. The fourth-order valence-corrected chi connectivity index (χ4v) is 11.7. The molecule has 260 valence electrons. The van der Waals surface area contributed by atoms with Crippen LogP contribution in [0.5, 0.6) is 11.5 Å². The van der Waals surface area contributed by atoms with Crippen LogP contribution in [0.3, 0.4) is 0 Å². The van der Waals surface area contributed by atoms with Gasteiger partial charge >= 0.3 is 0 Å². The SMILES string of the molecule is C=S1(=O)c2ccccc2C2(c3ccccc3Oc3ccccc32)c2c1ccc1c3ccccc3n(-c3ccc4c(c3)c3ccccc3n4-c3ccccc3)c21. The van der Waals surface area contributed by atoms with Crippen molar-refractivity contribution in [3.8, 4) is 22.9 Å². The Bertz CT molecular complexity index is 3330. The number of nitrogens with zero attached hydrogens (tertiary/aromatic N) is 2. The highest BCUT2D eigenvalue weighted by molar-refractivity contribution is 8.00. The fraction of sp³-hybridized carbons (Fsp3) is 0.0200. The lowest BCUT2D eigenvalue weighted by molar-refractivity contribution is 0.431. The van der Waals surface area contributed by atoms with E-state index in [2.05, 4.69) is 173 Å². The van der Waals surface area contributed by atoms with Gasteiger partial charge in [0.05, 0.1) is 27.5 Å². The number of benzene rings is 8. The monoisotopic (exact) mass is 724 g/mol. The average molecular weight is 725 g/mol. The van der Waals surface area contributed by atoms with Crippen molar-refractivity contribution in [1.82, 2.24) is 9.13 Å². The summed E-state index contributed by atoms with van der Waals surface area (Å²) in [6, 6.07) is 63.8. The first-order chi connectivity index (χ1) is 27.1. The van der Waals surface area contributed by atoms with E-state index in [1.807, 2.05) is 24.3 Å². The Kier molecular flexibility index (Phi) is 6.06. The van der Waals surface area contributed by atoms with Crippen LogP contribution in [0.1, 0.15) is 22.3 Å². The normalized spacial score (nSPS) is 16.5. The molecule has 1 spiro atoms. The van der Waals surface area contributed by atoms with Gasteiger partial charge in [-0.2, -0.15) is 0 Å². The molecule has 0 saturated heterocycles. The smallest absolute Gasteiger partial charge is 0.132 e. The van der Waals surface area contributed by atoms with Gasteiger partial charge in [0.1, 0.15) is 11.5 Å². The summed E-state index contributed by atoms with van der Waals surface area (Å²) in [7, 11) is -2.96. The Balaban J connectivity index is 1.29. The van der Waals surface area contributed by atoms with Crippen LogP contribution in [0.2, 0.25) is 0 Å². The predicted octanol–water partition coefficient (Wildman–Crippen LogP) is 11.8. The van der Waals surface area contributed by atoms with Gasteiger partial charge in [0.2, 0.25) is 0 Å². The van der Waals surface area contributed by atoms with Crippen LogP contribution < -0.4 is 4.74 Å². The lowest BCUT2D eigenvalue weighted by atomic mass is 9.63. The zero-order valence-corrected chi connectivity index (χ0v) is 30.5. The first kappa shape index (κ1) is 30.6. The second-order valence-corrected chi connectivity index (χ2v) is 16.8. The van der Waals surface area contributed by atoms with Crippen LogP contribution in [0.4, 0.5) is 0 Å². The third kappa shape index (κ3) is 3.85. The Hall–Kier alpha value is -6.82. The number of aromatic nitrogens is 2. The molecule has 0 amide bonds. The molecule has 1 atom stereocenters. The van der Waals surface area contributed by atoms with Crippen LogP contribution in [-0.4, -0.2) is 19.2 Å². The molecular weight excluding hydrogens is 693 g/mol. The van der Waals surface area contributed by atoms with Gasteiger partial charge in [-0.15, -0.1) is 0 Å². The Morgan fingerprint density at radius 1 is 0.455 bits per heavy atom. The summed E-state index contributed by atoms with van der Waals surface area (Å²) in [4.78, 5) is 1.50. The van der Waals surface area contributed by atoms with Crippen molar-refractivity contribution in [2.75, 3.05) is 0 Å². The summed E-state index contributed by atoms with van der Waals surface area (Å²) < 4.78 is 27.0. The van der Waals surface area contributed by atoms with Crippen molar-refractivity contribution in [3.05, 3.63) is 204 Å². The zero-order valence-electron chi connectivity index (χ0n) is 29.6. The second-order valence-electron chi connectivity index (χ2n) is 14.6. The minimum Gasteiger partial charge on any atom is -0.457 e. The van der Waals surface area contributed by atoms with Crippen molar-refractivity contribution in [3.63, 3.8) is 0 Å². The van der Waals surface area contributed by atoms with E-state index in [4.69, 9.17) is 4.74 Å². The topological polar surface area (TPSA) is 36.2 Å². The van der Waals surface area contributed by atoms with Gasteiger partial charge in [-0.25, -0.2) is 0 Å². The minimum atomic E-state index is -2.96.